The molecule has 6 nitrogen and oxygen atoms in total. The number of nitrogens with one attached hydrogen (secondary N) is 1. The second-order valence-electron chi connectivity index (χ2n) is 5.27. The van der Waals surface area contributed by atoms with Crippen LogP contribution in [0.2, 0.25) is 0 Å². The fourth-order valence-corrected chi connectivity index (χ4v) is 3.26. The first-order valence-electron chi connectivity index (χ1n) is 7.29. The summed E-state index contributed by atoms with van der Waals surface area (Å²) in [6.45, 7) is 1.37. The van der Waals surface area contributed by atoms with Gasteiger partial charge in [0, 0.05) is 18.5 Å². The highest BCUT2D eigenvalue weighted by molar-refractivity contribution is 7.13. The molecule has 7 heteroatoms. The molecule has 120 valence electrons. The van der Waals surface area contributed by atoms with Gasteiger partial charge in [-0.2, -0.15) is 0 Å². The average Bonchev–Trinajstić information content (AvgIpc) is 3.01. The van der Waals surface area contributed by atoms with E-state index in [9.17, 15) is 9.59 Å². The number of hydrogen-bond donors (Lipinski definition) is 1. The summed E-state index contributed by atoms with van der Waals surface area (Å²) in [5, 5.41) is 4.71. The first-order chi connectivity index (χ1) is 11.2. The van der Waals surface area contributed by atoms with Crippen molar-refractivity contribution in [1.82, 2.24) is 9.88 Å². The number of nitrogens with zero attached hydrogens (tertiary/aromatic N) is 2. The summed E-state index contributed by atoms with van der Waals surface area (Å²) < 4.78 is 4.51. The van der Waals surface area contributed by atoms with E-state index in [1.807, 2.05) is 17.0 Å². The minimum Gasteiger partial charge on any atom is -0.453 e. The Balaban J connectivity index is 1.61. The number of fused-ring (bicyclic) bond motifs is 1. The molecule has 1 aliphatic rings. The Bertz CT molecular complexity index is 729. The van der Waals surface area contributed by atoms with Crippen LogP contribution in [0.15, 0.2) is 29.6 Å². The third kappa shape index (κ3) is 3.68. The van der Waals surface area contributed by atoms with Crippen LogP contribution in [0.4, 0.5) is 9.93 Å². The molecule has 1 N–H and O–H groups in total. The third-order valence-electron chi connectivity index (χ3n) is 3.76. The van der Waals surface area contributed by atoms with Crippen LogP contribution >= 0.6 is 11.3 Å². The topological polar surface area (TPSA) is 71.5 Å². The van der Waals surface area contributed by atoms with Gasteiger partial charge in [-0.1, -0.05) is 24.3 Å². The van der Waals surface area contributed by atoms with Gasteiger partial charge in [0.25, 0.3) is 0 Å². The lowest BCUT2D eigenvalue weighted by atomic mass is 10.00. The molecule has 2 amide bonds. The molecule has 1 aromatic carbocycles. The molecule has 0 unspecified atom stereocenters. The van der Waals surface area contributed by atoms with E-state index in [0.29, 0.717) is 17.4 Å². The second-order valence-corrected chi connectivity index (χ2v) is 6.13. The zero-order chi connectivity index (χ0) is 16.2. The third-order valence-corrected chi connectivity index (χ3v) is 4.57. The van der Waals surface area contributed by atoms with Gasteiger partial charge in [0.05, 0.1) is 19.2 Å². The number of hydrogen-bond acceptors (Lipinski definition) is 5. The fraction of sp³-hybridized carbons (Fsp3) is 0.312. The summed E-state index contributed by atoms with van der Waals surface area (Å²) in [7, 11) is 1.29. The first kappa shape index (κ1) is 15.5. The van der Waals surface area contributed by atoms with E-state index in [4.69, 9.17) is 0 Å². The highest BCUT2D eigenvalue weighted by atomic mass is 32.1. The van der Waals surface area contributed by atoms with Gasteiger partial charge < -0.3 is 9.64 Å². The van der Waals surface area contributed by atoms with Crippen molar-refractivity contribution in [2.75, 3.05) is 19.0 Å². The molecule has 2 heterocycles. The summed E-state index contributed by atoms with van der Waals surface area (Å²) in [4.78, 5) is 29.7. The van der Waals surface area contributed by atoms with Gasteiger partial charge in [-0.05, 0) is 17.5 Å². The van der Waals surface area contributed by atoms with E-state index >= 15 is 0 Å². The summed E-state index contributed by atoms with van der Waals surface area (Å²) in [6.07, 6.45) is 0.556. The Morgan fingerprint density at radius 3 is 2.91 bits per heavy atom. The van der Waals surface area contributed by atoms with Crippen molar-refractivity contribution in [3.8, 4) is 0 Å². The Morgan fingerprint density at radius 2 is 2.13 bits per heavy atom. The number of methoxy groups -OCH3 is 1. The molecule has 0 atom stereocenters. The Labute approximate surface area is 138 Å². The highest BCUT2D eigenvalue weighted by Gasteiger charge is 2.21. The largest absolute Gasteiger partial charge is 0.453 e. The van der Waals surface area contributed by atoms with Gasteiger partial charge >= 0.3 is 6.09 Å². The smallest absolute Gasteiger partial charge is 0.413 e. The van der Waals surface area contributed by atoms with Crippen molar-refractivity contribution >= 4 is 28.5 Å². The van der Waals surface area contributed by atoms with Crippen molar-refractivity contribution in [2.24, 2.45) is 0 Å². The predicted octanol–water partition coefficient (Wildman–Crippen LogP) is 2.45. The fourth-order valence-electron chi connectivity index (χ4n) is 2.56. The molecule has 0 aliphatic carbocycles. The lowest BCUT2D eigenvalue weighted by Crippen LogP contribution is -2.36. The minimum atomic E-state index is -0.565. The minimum absolute atomic E-state index is 0.0504. The van der Waals surface area contributed by atoms with Gasteiger partial charge in [-0.25, -0.2) is 9.78 Å². The Kier molecular flexibility index (Phi) is 4.57. The molecule has 1 aliphatic heterocycles. The molecule has 0 spiro atoms. The van der Waals surface area contributed by atoms with Crippen LogP contribution in [0.3, 0.4) is 0 Å². The van der Waals surface area contributed by atoms with Gasteiger partial charge in [0.15, 0.2) is 5.13 Å². The van der Waals surface area contributed by atoms with Crippen LogP contribution in [0.25, 0.3) is 0 Å². The predicted molar refractivity (Wildman–Crippen MR) is 87.4 cm³/mol. The maximum absolute atomic E-state index is 12.4. The second kappa shape index (κ2) is 6.78. The number of anilines is 1. The number of amides is 2. The molecule has 0 bridgehead atoms. The number of thiazole rings is 1. The zero-order valence-electron chi connectivity index (χ0n) is 12.7. The lowest BCUT2D eigenvalue weighted by Gasteiger charge is -2.28. The molecule has 3 rings (SSSR count). The van der Waals surface area contributed by atoms with E-state index in [1.165, 1.54) is 29.6 Å². The summed E-state index contributed by atoms with van der Waals surface area (Å²) in [5.74, 6) is 0.0504. The standard InChI is InChI=1S/C16H17N3O3S/c1-22-16(21)18-15-17-13(10-23-15)8-14(20)19-7-6-11-4-2-3-5-12(11)9-19/h2-5,10H,6-9H2,1H3,(H,17,18,21). The number of carbonyl (C=O) groups excluding carboxylic acids is 2. The van der Waals surface area contributed by atoms with Crippen molar-refractivity contribution in [2.45, 2.75) is 19.4 Å². The molecular weight excluding hydrogens is 314 g/mol. The van der Waals surface area contributed by atoms with E-state index in [2.05, 4.69) is 27.2 Å². The van der Waals surface area contributed by atoms with Crippen LogP contribution in [-0.4, -0.2) is 35.5 Å². The van der Waals surface area contributed by atoms with Crippen LogP contribution < -0.4 is 5.32 Å². The molecule has 0 radical (unpaired) electrons. The highest BCUT2D eigenvalue weighted by Crippen LogP contribution is 2.20. The molecule has 1 aromatic heterocycles. The molecule has 0 fully saturated rings. The monoisotopic (exact) mass is 331 g/mol. The number of ether oxygens (including phenoxy) is 1. The summed E-state index contributed by atoms with van der Waals surface area (Å²) in [6, 6.07) is 8.21. The molecule has 0 saturated carbocycles. The lowest BCUT2D eigenvalue weighted by molar-refractivity contribution is -0.131. The van der Waals surface area contributed by atoms with Crippen LogP contribution in [0.1, 0.15) is 16.8 Å². The normalized spacial score (nSPS) is 13.3. The quantitative estimate of drug-likeness (QED) is 0.938. The summed E-state index contributed by atoms with van der Waals surface area (Å²) >= 11 is 1.28. The van der Waals surface area contributed by atoms with Crippen LogP contribution in [0, 0.1) is 0 Å². The van der Waals surface area contributed by atoms with E-state index in [1.54, 1.807) is 5.38 Å². The zero-order valence-corrected chi connectivity index (χ0v) is 13.6. The Hall–Kier alpha value is -2.41. The van der Waals surface area contributed by atoms with Crippen LogP contribution in [0.5, 0.6) is 0 Å². The van der Waals surface area contributed by atoms with Crippen molar-refractivity contribution < 1.29 is 14.3 Å². The van der Waals surface area contributed by atoms with Crippen LogP contribution in [-0.2, 0) is 28.9 Å². The van der Waals surface area contributed by atoms with Gasteiger partial charge in [-0.3, -0.25) is 10.1 Å². The summed E-state index contributed by atoms with van der Waals surface area (Å²) in [5.41, 5.74) is 3.18. The first-order valence-corrected chi connectivity index (χ1v) is 8.17. The number of aromatic nitrogens is 1. The van der Waals surface area contributed by atoms with E-state index < -0.39 is 6.09 Å². The van der Waals surface area contributed by atoms with Crippen molar-refractivity contribution in [1.29, 1.82) is 0 Å². The van der Waals surface area contributed by atoms with Gasteiger partial charge in [0.2, 0.25) is 5.91 Å². The number of rotatable bonds is 3. The maximum atomic E-state index is 12.4. The molecule has 23 heavy (non-hydrogen) atoms. The number of benzene rings is 1. The SMILES string of the molecule is COC(=O)Nc1nc(CC(=O)N2CCc3ccccc3C2)cs1. The van der Waals surface area contributed by atoms with Gasteiger partial charge in [-0.15, -0.1) is 11.3 Å². The molecule has 2 aromatic rings. The van der Waals surface area contributed by atoms with E-state index in [-0.39, 0.29) is 12.3 Å². The van der Waals surface area contributed by atoms with Gasteiger partial charge in [0.1, 0.15) is 0 Å². The average molecular weight is 331 g/mol. The molecule has 0 saturated heterocycles. The maximum Gasteiger partial charge on any atom is 0.413 e. The van der Waals surface area contributed by atoms with Crippen molar-refractivity contribution in [3.63, 3.8) is 0 Å². The molecular formula is C16H17N3O3S. The Morgan fingerprint density at radius 1 is 1.35 bits per heavy atom. The van der Waals surface area contributed by atoms with Crippen molar-refractivity contribution in [3.05, 3.63) is 46.5 Å². The number of carbonyl (C=O) groups is 2. The van der Waals surface area contributed by atoms with E-state index in [0.717, 1.165) is 13.0 Å².